The average Bonchev–Trinajstić information content (AvgIpc) is 3.50. The Labute approximate surface area is 329 Å². The number of aromatic hydroxyl groups is 1. The number of carbonyl (C=O) groups excluding carboxylic acids is 5. The van der Waals surface area contributed by atoms with Gasteiger partial charge in [0.15, 0.2) is 5.82 Å². The molecule has 298 valence electrons. The van der Waals surface area contributed by atoms with Crippen molar-refractivity contribution in [3.05, 3.63) is 70.2 Å². The van der Waals surface area contributed by atoms with Crippen LogP contribution in [-0.4, -0.2) is 118 Å². The van der Waals surface area contributed by atoms with Crippen molar-refractivity contribution in [2.45, 2.75) is 31.8 Å². The Balaban J connectivity index is 1.00. The van der Waals surface area contributed by atoms with Crippen molar-refractivity contribution >= 4 is 63.9 Å². The van der Waals surface area contributed by atoms with E-state index < -0.39 is 40.9 Å². The number of benzene rings is 3. The number of nitrogens with one attached hydrogen (secondary N) is 2. The van der Waals surface area contributed by atoms with Gasteiger partial charge in [0.2, 0.25) is 23.7 Å². The van der Waals surface area contributed by atoms with Gasteiger partial charge in [-0.05, 0) is 48.4 Å². The lowest BCUT2D eigenvalue weighted by Gasteiger charge is -2.35. The molecule has 0 radical (unpaired) electrons. The molecule has 0 saturated carbocycles. The SMILES string of the molecule is CN(CCOc1ccc2c(c1)CN(C1CCC(=O)NC1=O)C2=O)C(=O)CCNc1nc(N2CCN(C(N)=O)CC2)c2cc(Cl)c(-c3c(O)cccc3F)c(F)c2n1. The van der Waals surface area contributed by atoms with Gasteiger partial charge in [-0.3, -0.25) is 24.5 Å². The van der Waals surface area contributed by atoms with Gasteiger partial charge in [0.05, 0.1) is 17.1 Å². The highest BCUT2D eigenvalue weighted by Gasteiger charge is 2.39. The van der Waals surface area contributed by atoms with Gasteiger partial charge in [-0.25, -0.2) is 18.6 Å². The molecule has 6 amide bonds. The second kappa shape index (κ2) is 16.0. The van der Waals surface area contributed by atoms with Crippen molar-refractivity contribution < 1.29 is 42.6 Å². The van der Waals surface area contributed by atoms with E-state index >= 15 is 4.39 Å². The van der Waals surface area contributed by atoms with Crippen LogP contribution in [0.2, 0.25) is 5.02 Å². The largest absolute Gasteiger partial charge is 0.507 e. The molecule has 4 aromatic rings. The number of anilines is 2. The van der Waals surface area contributed by atoms with Crippen LogP contribution < -0.4 is 26.0 Å². The fourth-order valence-electron chi connectivity index (χ4n) is 7.17. The molecule has 2 fully saturated rings. The van der Waals surface area contributed by atoms with E-state index in [-0.39, 0.29) is 110 Å². The van der Waals surface area contributed by atoms with Crippen LogP contribution in [0.5, 0.6) is 11.5 Å². The number of primary amides is 1. The first-order chi connectivity index (χ1) is 27.3. The van der Waals surface area contributed by atoms with E-state index in [9.17, 15) is 33.5 Å². The number of fused-ring (bicyclic) bond motifs is 2. The third-order valence-corrected chi connectivity index (χ3v) is 10.5. The summed E-state index contributed by atoms with van der Waals surface area (Å²) in [6, 6.07) is 8.66. The molecule has 7 rings (SSSR count). The van der Waals surface area contributed by atoms with Gasteiger partial charge in [0, 0.05) is 75.7 Å². The van der Waals surface area contributed by atoms with Crippen molar-refractivity contribution in [1.29, 1.82) is 0 Å². The molecule has 2 saturated heterocycles. The quantitative estimate of drug-likeness (QED) is 0.162. The first-order valence-electron chi connectivity index (χ1n) is 18.2. The van der Waals surface area contributed by atoms with Crippen LogP contribution in [-0.2, 0) is 20.9 Å². The van der Waals surface area contributed by atoms with E-state index in [0.29, 0.717) is 30.0 Å². The monoisotopic (exact) mass is 805 g/mol. The fourth-order valence-corrected chi connectivity index (χ4v) is 7.45. The predicted molar refractivity (Wildman–Crippen MR) is 204 cm³/mol. The van der Waals surface area contributed by atoms with Crippen molar-refractivity contribution in [3.8, 4) is 22.6 Å². The summed E-state index contributed by atoms with van der Waals surface area (Å²) in [7, 11) is 1.61. The van der Waals surface area contributed by atoms with Gasteiger partial charge in [-0.2, -0.15) is 4.98 Å². The van der Waals surface area contributed by atoms with Crippen LogP contribution in [0.3, 0.4) is 0 Å². The first-order valence-corrected chi connectivity index (χ1v) is 18.5. The zero-order valence-electron chi connectivity index (χ0n) is 30.7. The fraction of sp³-hybridized carbons (Fsp3) is 0.342. The molecule has 1 aromatic heterocycles. The van der Waals surface area contributed by atoms with E-state index in [1.807, 2.05) is 4.90 Å². The zero-order valence-corrected chi connectivity index (χ0v) is 31.4. The average molecular weight is 806 g/mol. The number of urea groups is 1. The lowest BCUT2D eigenvalue weighted by atomic mass is 10.0. The number of likely N-dealkylation sites (N-methyl/N-ethyl adjacent to an activating group) is 1. The number of halogens is 3. The molecule has 16 nitrogen and oxygen atoms in total. The smallest absolute Gasteiger partial charge is 0.314 e. The lowest BCUT2D eigenvalue weighted by Crippen LogP contribution is -2.52. The van der Waals surface area contributed by atoms with E-state index in [1.54, 1.807) is 25.2 Å². The molecule has 3 aromatic carbocycles. The Bertz CT molecular complexity index is 2290. The highest BCUT2D eigenvalue weighted by atomic mass is 35.5. The number of rotatable bonds is 11. The van der Waals surface area contributed by atoms with Gasteiger partial charge >= 0.3 is 6.03 Å². The van der Waals surface area contributed by atoms with Crippen LogP contribution in [0.4, 0.5) is 25.3 Å². The molecular weight excluding hydrogens is 768 g/mol. The second-order valence-corrected chi connectivity index (χ2v) is 14.2. The van der Waals surface area contributed by atoms with Gasteiger partial charge in [-0.1, -0.05) is 17.7 Å². The number of amides is 6. The molecule has 0 aliphatic carbocycles. The third kappa shape index (κ3) is 7.89. The minimum atomic E-state index is -0.988. The van der Waals surface area contributed by atoms with E-state index in [4.69, 9.17) is 22.1 Å². The van der Waals surface area contributed by atoms with Crippen LogP contribution in [0.15, 0.2) is 42.5 Å². The van der Waals surface area contributed by atoms with Gasteiger partial charge in [0.25, 0.3) is 5.91 Å². The molecule has 57 heavy (non-hydrogen) atoms. The molecule has 0 bridgehead atoms. The number of imide groups is 1. The number of aromatic nitrogens is 2. The highest BCUT2D eigenvalue weighted by molar-refractivity contribution is 6.34. The summed E-state index contributed by atoms with van der Waals surface area (Å²) in [5.74, 6) is -3.03. The Morgan fingerprint density at radius 3 is 2.58 bits per heavy atom. The van der Waals surface area contributed by atoms with Crippen molar-refractivity contribution in [1.82, 2.24) is 30.0 Å². The summed E-state index contributed by atoms with van der Waals surface area (Å²) in [6.07, 6.45) is 0.416. The summed E-state index contributed by atoms with van der Waals surface area (Å²) < 4.78 is 37.2. The lowest BCUT2D eigenvalue weighted by molar-refractivity contribution is -0.137. The molecule has 4 heterocycles. The first kappa shape index (κ1) is 39.0. The van der Waals surface area contributed by atoms with Crippen molar-refractivity contribution in [2.24, 2.45) is 5.73 Å². The maximum atomic E-state index is 16.4. The molecule has 1 atom stereocenters. The minimum absolute atomic E-state index is 0.000895. The number of phenols is 1. The summed E-state index contributed by atoms with van der Waals surface area (Å²) >= 11 is 6.53. The molecule has 1 unspecified atom stereocenters. The third-order valence-electron chi connectivity index (χ3n) is 10.2. The standard InChI is InChI=1S/C38H38ClF2N9O7/c1-47(15-16-57-21-5-6-22-20(17-21)19-50(36(22)55)26-7-8-28(52)44-35(26)54)29(53)9-10-43-38-45-33-23(34(46-38)48-11-13-49(14-12-48)37(42)56)18-24(39)30(32(33)41)31-25(40)3-2-4-27(31)51/h2-6,17-18,26,51H,7-16,19H2,1H3,(H2,42,56)(H,43,45,46)(H,44,52,54). The number of ether oxygens (including phenoxy) is 1. The summed E-state index contributed by atoms with van der Waals surface area (Å²) in [5.41, 5.74) is 5.59. The molecule has 5 N–H and O–H groups in total. The molecule has 3 aliphatic rings. The maximum Gasteiger partial charge on any atom is 0.314 e. The predicted octanol–water partition coefficient (Wildman–Crippen LogP) is 3.24. The Hall–Kier alpha value is -6.30. The van der Waals surface area contributed by atoms with Gasteiger partial charge in [-0.15, -0.1) is 0 Å². The highest BCUT2D eigenvalue weighted by Crippen LogP contribution is 2.42. The Kier molecular flexibility index (Phi) is 11.0. The van der Waals surface area contributed by atoms with Crippen LogP contribution in [0, 0.1) is 11.6 Å². The maximum absolute atomic E-state index is 16.4. The number of piperidine rings is 1. The van der Waals surface area contributed by atoms with Crippen molar-refractivity contribution in [2.75, 3.05) is 63.1 Å². The second-order valence-electron chi connectivity index (χ2n) is 13.8. The Morgan fingerprint density at radius 2 is 1.86 bits per heavy atom. The van der Waals surface area contributed by atoms with Crippen LogP contribution in [0.1, 0.15) is 35.2 Å². The zero-order chi connectivity index (χ0) is 40.5. The number of phenolic OH excluding ortho intramolecular Hbond substituents is 1. The van der Waals surface area contributed by atoms with Crippen LogP contribution >= 0.6 is 11.6 Å². The summed E-state index contributed by atoms with van der Waals surface area (Å²) in [6.45, 7) is 1.79. The number of hydrogen-bond acceptors (Lipinski definition) is 11. The number of nitrogens with two attached hydrogens (primary N) is 1. The summed E-state index contributed by atoms with van der Waals surface area (Å²) in [4.78, 5) is 76.9. The summed E-state index contributed by atoms with van der Waals surface area (Å²) in [5, 5.41) is 15.7. The minimum Gasteiger partial charge on any atom is -0.507 e. The van der Waals surface area contributed by atoms with E-state index in [1.165, 1.54) is 32.9 Å². The van der Waals surface area contributed by atoms with Crippen molar-refractivity contribution in [3.63, 3.8) is 0 Å². The Morgan fingerprint density at radius 1 is 1.09 bits per heavy atom. The van der Waals surface area contributed by atoms with E-state index in [2.05, 4.69) is 20.6 Å². The molecule has 0 spiro atoms. The number of piperazine rings is 1. The van der Waals surface area contributed by atoms with Crippen LogP contribution in [0.25, 0.3) is 22.0 Å². The van der Waals surface area contributed by atoms with E-state index in [0.717, 1.165) is 6.07 Å². The number of carbonyl (C=O) groups is 5. The number of nitrogens with zero attached hydrogens (tertiary/aromatic N) is 6. The normalized spacial score (nSPS) is 16.8. The van der Waals surface area contributed by atoms with Gasteiger partial charge in [0.1, 0.15) is 41.3 Å². The van der Waals surface area contributed by atoms with Gasteiger partial charge < -0.3 is 40.5 Å². The molecule has 19 heteroatoms. The molecular formula is C38H38ClF2N9O7. The number of hydrogen-bond donors (Lipinski definition) is 4. The topological polar surface area (TPSA) is 204 Å². The molecule has 3 aliphatic heterocycles.